The van der Waals surface area contributed by atoms with E-state index in [9.17, 15) is 4.79 Å². The Morgan fingerprint density at radius 2 is 1.94 bits per heavy atom. The number of amides is 1. The molecule has 0 bridgehead atoms. The Balaban J connectivity index is 1.40. The van der Waals surface area contributed by atoms with E-state index >= 15 is 0 Å². The van der Waals surface area contributed by atoms with E-state index in [1.54, 1.807) is 6.20 Å². The van der Waals surface area contributed by atoms with Gasteiger partial charge in [-0.2, -0.15) is 5.10 Å². The molecule has 1 saturated heterocycles. The molecule has 1 aliphatic carbocycles. The van der Waals surface area contributed by atoms with E-state index in [-0.39, 0.29) is 5.91 Å². The number of aryl methyl sites for hydroxylation is 2. The van der Waals surface area contributed by atoms with Gasteiger partial charge in [-0.05, 0) is 44.1 Å². The normalized spacial score (nSPS) is 18.5. The lowest BCUT2D eigenvalue weighted by Gasteiger charge is -2.33. The van der Waals surface area contributed by atoms with Gasteiger partial charge in [-0.25, -0.2) is 4.98 Å². The summed E-state index contributed by atoms with van der Waals surface area (Å²) < 4.78 is 1.82. The van der Waals surface area contributed by atoms with Gasteiger partial charge in [0.1, 0.15) is 10.7 Å². The number of nitrogens with two attached hydrogens (primary N) is 2. The Hall–Kier alpha value is -2.13. The van der Waals surface area contributed by atoms with E-state index < -0.39 is 0 Å². The Kier molecular flexibility index (Phi) is 7.12. The molecule has 1 amide bonds. The fourth-order valence-corrected chi connectivity index (χ4v) is 5.75. The van der Waals surface area contributed by atoms with Crippen molar-refractivity contribution in [2.24, 2.45) is 24.6 Å². The van der Waals surface area contributed by atoms with Crippen LogP contribution in [-0.4, -0.2) is 40.3 Å². The number of piperidine rings is 1. The molecule has 0 unspecified atom stereocenters. The van der Waals surface area contributed by atoms with Gasteiger partial charge in [-0.15, -0.1) is 11.3 Å². The van der Waals surface area contributed by atoms with Crippen molar-refractivity contribution in [2.45, 2.75) is 57.8 Å². The highest BCUT2D eigenvalue weighted by atomic mass is 32.1. The summed E-state index contributed by atoms with van der Waals surface area (Å²) in [6.07, 6.45) is 12.5. The van der Waals surface area contributed by atoms with Crippen LogP contribution in [-0.2, 0) is 13.5 Å². The lowest BCUT2D eigenvalue weighted by Crippen LogP contribution is -2.37. The van der Waals surface area contributed by atoms with Crippen molar-refractivity contribution in [2.75, 3.05) is 35.6 Å². The maximum atomic E-state index is 13.0. The molecule has 2 aromatic rings. The zero-order chi connectivity index (χ0) is 21.8. The number of nitrogens with zero attached hydrogens (tertiary/aromatic N) is 4. The lowest BCUT2D eigenvalue weighted by atomic mass is 9.86. The van der Waals surface area contributed by atoms with E-state index in [1.807, 2.05) is 11.7 Å². The molecule has 0 atom stereocenters. The van der Waals surface area contributed by atoms with Crippen molar-refractivity contribution in [1.82, 2.24) is 14.8 Å². The predicted molar refractivity (Wildman–Crippen MR) is 127 cm³/mol. The van der Waals surface area contributed by atoms with Gasteiger partial charge in [0, 0.05) is 20.1 Å². The summed E-state index contributed by atoms with van der Waals surface area (Å²) in [6, 6.07) is 0. The molecule has 5 N–H and O–H groups in total. The van der Waals surface area contributed by atoms with Gasteiger partial charge in [-0.3, -0.25) is 9.48 Å². The molecule has 2 aliphatic rings. The van der Waals surface area contributed by atoms with Gasteiger partial charge < -0.3 is 21.7 Å². The Morgan fingerprint density at radius 3 is 2.65 bits per heavy atom. The molecule has 1 saturated carbocycles. The lowest BCUT2D eigenvalue weighted by molar-refractivity contribution is 0.102. The number of hydrogen-bond donors (Lipinski definition) is 3. The topological polar surface area (TPSA) is 115 Å². The first-order valence-electron chi connectivity index (χ1n) is 11.6. The number of thiazole rings is 1. The van der Waals surface area contributed by atoms with Gasteiger partial charge in [0.2, 0.25) is 0 Å². The number of nitrogens with one attached hydrogen (secondary N) is 1. The van der Waals surface area contributed by atoms with Crippen LogP contribution in [0.25, 0.3) is 0 Å². The number of hydrogen-bond acceptors (Lipinski definition) is 7. The van der Waals surface area contributed by atoms with E-state index in [4.69, 9.17) is 11.5 Å². The smallest absolute Gasteiger partial charge is 0.277 e. The minimum absolute atomic E-state index is 0.260. The third kappa shape index (κ3) is 5.20. The largest absolute Gasteiger partial charge is 0.389 e. The molecule has 2 aromatic heterocycles. The zero-order valence-corrected chi connectivity index (χ0v) is 19.3. The first-order valence-corrected chi connectivity index (χ1v) is 12.4. The van der Waals surface area contributed by atoms with E-state index in [0.717, 1.165) is 62.1 Å². The molecule has 9 heteroatoms. The molecule has 0 radical (unpaired) electrons. The van der Waals surface area contributed by atoms with Crippen LogP contribution in [0.5, 0.6) is 0 Å². The molecule has 2 fully saturated rings. The van der Waals surface area contributed by atoms with E-state index in [2.05, 4.69) is 20.3 Å². The summed E-state index contributed by atoms with van der Waals surface area (Å²) in [5.41, 5.74) is 13.0. The second kappa shape index (κ2) is 9.99. The Morgan fingerprint density at radius 1 is 1.19 bits per heavy atom. The minimum atomic E-state index is -0.260. The second-order valence-electron chi connectivity index (χ2n) is 8.99. The van der Waals surface area contributed by atoms with Crippen LogP contribution in [0.1, 0.15) is 66.9 Å². The van der Waals surface area contributed by atoms with Crippen molar-refractivity contribution in [3.63, 3.8) is 0 Å². The molecule has 0 aromatic carbocycles. The first kappa shape index (κ1) is 22.1. The van der Waals surface area contributed by atoms with Gasteiger partial charge in [0.25, 0.3) is 5.91 Å². The molecule has 170 valence electrons. The average molecular weight is 446 g/mol. The monoisotopic (exact) mass is 445 g/mol. The van der Waals surface area contributed by atoms with E-state index in [0.29, 0.717) is 22.3 Å². The molecule has 8 nitrogen and oxygen atoms in total. The van der Waals surface area contributed by atoms with Gasteiger partial charge in [0.15, 0.2) is 11.5 Å². The standard InChI is InChI=1S/C22H35N7OS/c1-28-22(29-11-9-16(13-23)10-12-29)17(14-25-28)26-21(30)19-20(24)31-18(27-19)8-7-15-5-3-2-4-6-15/h14-16H,2-13,23-24H2,1H3,(H,26,30). The second-order valence-corrected chi connectivity index (χ2v) is 10.1. The third-order valence-electron chi connectivity index (χ3n) is 6.81. The molecule has 3 heterocycles. The van der Waals surface area contributed by atoms with Crippen LogP contribution in [0.15, 0.2) is 6.20 Å². The van der Waals surface area contributed by atoms with Crippen LogP contribution in [0.3, 0.4) is 0 Å². The highest BCUT2D eigenvalue weighted by Gasteiger charge is 2.25. The predicted octanol–water partition coefficient (Wildman–Crippen LogP) is 3.40. The van der Waals surface area contributed by atoms with Gasteiger partial charge in [-0.1, -0.05) is 32.1 Å². The molecular formula is C22H35N7OS. The van der Waals surface area contributed by atoms with Crippen LogP contribution in [0.2, 0.25) is 0 Å². The molecular weight excluding hydrogens is 410 g/mol. The maximum Gasteiger partial charge on any atom is 0.277 e. The highest BCUT2D eigenvalue weighted by Crippen LogP contribution is 2.32. The molecule has 4 rings (SSSR count). The first-order chi connectivity index (χ1) is 15.0. The highest BCUT2D eigenvalue weighted by molar-refractivity contribution is 7.15. The quantitative estimate of drug-likeness (QED) is 0.602. The van der Waals surface area contributed by atoms with Crippen LogP contribution < -0.4 is 21.7 Å². The van der Waals surface area contributed by atoms with Gasteiger partial charge in [0.05, 0.1) is 11.2 Å². The number of carbonyl (C=O) groups excluding carboxylic acids is 1. The number of aromatic nitrogens is 3. The van der Waals surface area contributed by atoms with Gasteiger partial charge >= 0.3 is 0 Å². The summed E-state index contributed by atoms with van der Waals surface area (Å²) in [6.45, 7) is 2.55. The minimum Gasteiger partial charge on any atom is -0.389 e. The molecule has 0 spiro atoms. The number of rotatable bonds is 7. The fourth-order valence-electron chi connectivity index (χ4n) is 4.91. The van der Waals surface area contributed by atoms with Crippen LogP contribution >= 0.6 is 11.3 Å². The average Bonchev–Trinajstić information content (AvgIpc) is 3.35. The van der Waals surface area contributed by atoms with Crippen LogP contribution in [0, 0.1) is 11.8 Å². The summed E-state index contributed by atoms with van der Waals surface area (Å²) in [4.78, 5) is 19.8. The maximum absolute atomic E-state index is 13.0. The summed E-state index contributed by atoms with van der Waals surface area (Å²) in [5.74, 6) is 2.03. The molecule has 1 aliphatic heterocycles. The van der Waals surface area contributed by atoms with Crippen LogP contribution in [0.4, 0.5) is 16.5 Å². The fraction of sp³-hybridized carbons (Fsp3) is 0.682. The van der Waals surface area contributed by atoms with Crippen molar-refractivity contribution in [3.05, 3.63) is 16.9 Å². The van der Waals surface area contributed by atoms with E-state index in [1.165, 1.54) is 43.4 Å². The Labute approximate surface area is 188 Å². The van der Waals surface area contributed by atoms with Crippen molar-refractivity contribution >= 4 is 33.8 Å². The Bertz CT molecular complexity index is 879. The summed E-state index contributed by atoms with van der Waals surface area (Å²) in [7, 11) is 1.90. The number of nitrogen functional groups attached to an aromatic ring is 1. The number of anilines is 3. The van der Waals surface area contributed by atoms with Crippen molar-refractivity contribution in [1.29, 1.82) is 0 Å². The van der Waals surface area contributed by atoms with Crippen molar-refractivity contribution in [3.8, 4) is 0 Å². The molecule has 31 heavy (non-hydrogen) atoms. The zero-order valence-electron chi connectivity index (χ0n) is 18.5. The SMILES string of the molecule is Cn1ncc(NC(=O)c2nc(CCC3CCCCC3)sc2N)c1N1CCC(CN)CC1. The number of carbonyl (C=O) groups is 1. The third-order valence-corrected chi connectivity index (χ3v) is 7.75. The van der Waals surface area contributed by atoms with Crippen molar-refractivity contribution < 1.29 is 4.79 Å². The summed E-state index contributed by atoms with van der Waals surface area (Å²) in [5, 5.41) is 8.83. The summed E-state index contributed by atoms with van der Waals surface area (Å²) >= 11 is 1.44.